The molecule has 0 aliphatic heterocycles. The van der Waals surface area contributed by atoms with Gasteiger partial charge in [-0.1, -0.05) is 69.7 Å². The van der Waals surface area contributed by atoms with Crippen LogP contribution in [-0.4, -0.2) is 48.8 Å². The molecule has 0 unspecified atom stereocenters. The molecule has 3 amide bonds. The van der Waals surface area contributed by atoms with Gasteiger partial charge in [0.25, 0.3) is 5.91 Å². The standard InChI is InChI=1S/C27H36N4O2S.C5H9NO.C3H6/c1-6-8-15-31(16-9-7-2)20-34-25(26(29-5)23-13-11-10-12-14-23)17-21(3)22(4)24(18-28)27(33)30-19-32;1-4(2)6-5(3)7;1-3-2/h10-14,17,19H,5-9,15-16,20H2,1-4H3,(H,30,32,33);1H2,2-3H3,(H,6,7);3H,1H2,2H3/b21-17+,24-22-,26-25-;;. The molecule has 0 heterocycles. The molecule has 0 aliphatic carbocycles. The SMILES string of the molecule is C=C(C)NC(C)=O.C=CC.C=N/C(=C(/C=C(C)/C(C)=C(/C#N)C(=O)NC=O)SCN(CCCC)CCCC)c1ccccc1. The molecule has 1 aromatic carbocycles. The number of rotatable bonds is 16. The van der Waals surface area contributed by atoms with Crippen molar-refractivity contribution in [2.45, 2.75) is 74.1 Å². The number of hydrogen-bond acceptors (Lipinski definition) is 7. The highest BCUT2D eigenvalue weighted by Gasteiger charge is 2.15. The molecule has 8 nitrogen and oxygen atoms in total. The maximum atomic E-state index is 12.1. The van der Waals surface area contributed by atoms with E-state index >= 15 is 0 Å². The second kappa shape index (κ2) is 26.6. The second-order valence-corrected chi connectivity index (χ2v) is 10.7. The van der Waals surface area contributed by atoms with Gasteiger partial charge in [0, 0.05) is 29.0 Å². The highest BCUT2D eigenvalue weighted by atomic mass is 32.2. The number of imide groups is 1. The van der Waals surface area contributed by atoms with E-state index in [0.29, 0.717) is 11.3 Å². The fraction of sp³-hybridized carbons (Fsp3) is 0.400. The molecule has 0 aliphatic rings. The van der Waals surface area contributed by atoms with Gasteiger partial charge in [-0.3, -0.25) is 29.6 Å². The fourth-order valence-corrected chi connectivity index (χ4v) is 4.64. The number of nitriles is 1. The van der Waals surface area contributed by atoms with Gasteiger partial charge in [0.2, 0.25) is 12.3 Å². The fourth-order valence-electron chi connectivity index (χ4n) is 3.48. The van der Waals surface area contributed by atoms with Crippen LogP contribution in [0.4, 0.5) is 0 Å². The second-order valence-electron chi connectivity index (χ2n) is 9.74. The number of carbonyl (C=O) groups excluding carboxylic acids is 3. The van der Waals surface area contributed by atoms with Crippen molar-refractivity contribution in [2.24, 2.45) is 4.99 Å². The number of aliphatic imine (C=N–C) groups is 1. The molecule has 44 heavy (non-hydrogen) atoms. The highest BCUT2D eigenvalue weighted by molar-refractivity contribution is 8.03. The van der Waals surface area contributed by atoms with Gasteiger partial charge in [-0.2, -0.15) is 5.26 Å². The number of hydrogen-bond donors (Lipinski definition) is 2. The smallest absolute Gasteiger partial charge is 0.268 e. The Kier molecular flexibility index (Phi) is 25.5. The summed E-state index contributed by atoms with van der Waals surface area (Å²) in [6.45, 7) is 25.7. The van der Waals surface area contributed by atoms with Gasteiger partial charge in [0.05, 0.1) is 5.70 Å². The lowest BCUT2D eigenvalue weighted by molar-refractivity contribution is -0.122. The van der Waals surface area contributed by atoms with Crippen LogP contribution in [0, 0.1) is 11.3 Å². The summed E-state index contributed by atoms with van der Waals surface area (Å²) in [4.78, 5) is 40.6. The van der Waals surface area contributed by atoms with Crippen LogP contribution in [0.3, 0.4) is 0 Å². The van der Waals surface area contributed by atoms with Gasteiger partial charge in [0.1, 0.15) is 11.6 Å². The lowest BCUT2D eigenvalue weighted by Crippen LogP contribution is -2.25. The highest BCUT2D eigenvalue weighted by Crippen LogP contribution is 2.32. The lowest BCUT2D eigenvalue weighted by Gasteiger charge is -2.22. The van der Waals surface area contributed by atoms with Gasteiger partial charge >= 0.3 is 0 Å². The van der Waals surface area contributed by atoms with Crippen LogP contribution < -0.4 is 10.6 Å². The van der Waals surface area contributed by atoms with Gasteiger partial charge in [0.15, 0.2) is 0 Å². The first-order valence-electron chi connectivity index (χ1n) is 14.6. The zero-order valence-electron chi connectivity index (χ0n) is 27.7. The summed E-state index contributed by atoms with van der Waals surface area (Å²) in [5.74, 6) is 0.0219. The molecule has 1 aromatic rings. The van der Waals surface area contributed by atoms with E-state index in [2.05, 4.69) is 48.9 Å². The lowest BCUT2D eigenvalue weighted by atomic mass is 10.0. The van der Waals surface area contributed by atoms with E-state index < -0.39 is 5.91 Å². The van der Waals surface area contributed by atoms with E-state index in [1.807, 2.05) is 61.6 Å². The monoisotopic (exact) mass is 621 g/mol. The summed E-state index contributed by atoms with van der Waals surface area (Å²) in [5.41, 5.74) is 3.53. The molecule has 9 heteroatoms. The average molecular weight is 622 g/mol. The molecule has 0 atom stereocenters. The maximum absolute atomic E-state index is 12.1. The number of carbonyl (C=O) groups is 3. The molecule has 1 rings (SSSR count). The van der Waals surface area contributed by atoms with E-state index in [4.69, 9.17) is 0 Å². The summed E-state index contributed by atoms with van der Waals surface area (Å²) in [6.07, 6.45) is 8.54. The topological polar surface area (TPSA) is 115 Å². The molecule has 2 N–H and O–H groups in total. The van der Waals surface area contributed by atoms with Crippen molar-refractivity contribution in [3.05, 3.63) is 88.5 Å². The van der Waals surface area contributed by atoms with Crippen LogP contribution in [0.5, 0.6) is 0 Å². The Morgan fingerprint density at radius 3 is 2.00 bits per heavy atom. The van der Waals surface area contributed by atoms with Crippen molar-refractivity contribution in [3.63, 3.8) is 0 Å². The normalized spacial score (nSPS) is 11.6. The summed E-state index contributed by atoms with van der Waals surface area (Å²) in [7, 11) is 0. The predicted molar refractivity (Wildman–Crippen MR) is 188 cm³/mol. The average Bonchev–Trinajstić information content (AvgIpc) is 2.98. The molecule has 0 saturated heterocycles. The first-order chi connectivity index (χ1) is 21.0. The number of allylic oxidation sites excluding steroid dienone is 5. The Labute approximate surface area is 269 Å². The quantitative estimate of drug-likeness (QED) is 0.0375. The van der Waals surface area contributed by atoms with E-state index in [0.717, 1.165) is 66.4 Å². The van der Waals surface area contributed by atoms with Crippen LogP contribution in [0.25, 0.3) is 5.70 Å². The first kappa shape index (κ1) is 42.1. The van der Waals surface area contributed by atoms with E-state index in [-0.39, 0.29) is 17.9 Å². The minimum Gasteiger partial charge on any atom is -0.331 e. The molecule has 0 bridgehead atoms. The molecular weight excluding hydrogens is 570 g/mol. The van der Waals surface area contributed by atoms with Crippen LogP contribution in [0.1, 0.15) is 79.7 Å². The van der Waals surface area contributed by atoms with Crippen molar-refractivity contribution >= 4 is 42.4 Å². The number of thioether (sulfide) groups is 1. The number of nitrogens with zero attached hydrogens (tertiary/aromatic N) is 3. The number of amides is 3. The van der Waals surface area contributed by atoms with Gasteiger partial charge in [-0.05, 0) is 77.6 Å². The third kappa shape index (κ3) is 19.2. The van der Waals surface area contributed by atoms with E-state index in [1.54, 1.807) is 31.7 Å². The number of unbranched alkanes of at least 4 members (excludes halogenated alkanes) is 2. The number of benzene rings is 1. The Morgan fingerprint density at radius 1 is 1.07 bits per heavy atom. The summed E-state index contributed by atoms with van der Waals surface area (Å²) < 4.78 is 0. The van der Waals surface area contributed by atoms with Crippen LogP contribution >= 0.6 is 11.8 Å². The summed E-state index contributed by atoms with van der Waals surface area (Å²) in [5, 5.41) is 14.0. The third-order valence-electron chi connectivity index (χ3n) is 5.73. The largest absolute Gasteiger partial charge is 0.331 e. The Morgan fingerprint density at radius 2 is 1.61 bits per heavy atom. The third-order valence-corrected chi connectivity index (χ3v) is 6.85. The minimum absolute atomic E-state index is 0.0625. The zero-order valence-corrected chi connectivity index (χ0v) is 28.5. The van der Waals surface area contributed by atoms with Crippen molar-refractivity contribution in [1.29, 1.82) is 5.26 Å². The predicted octanol–water partition coefficient (Wildman–Crippen LogP) is 7.56. The van der Waals surface area contributed by atoms with Crippen molar-refractivity contribution in [2.75, 3.05) is 19.0 Å². The summed E-state index contributed by atoms with van der Waals surface area (Å²) >= 11 is 1.67. The van der Waals surface area contributed by atoms with E-state index in [1.165, 1.54) is 6.92 Å². The maximum Gasteiger partial charge on any atom is 0.268 e. The molecule has 0 saturated carbocycles. The van der Waals surface area contributed by atoms with E-state index in [9.17, 15) is 19.6 Å². The molecule has 240 valence electrons. The van der Waals surface area contributed by atoms with Gasteiger partial charge < -0.3 is 5.32 Å². The number of nitrogens with one attached hydrogen (secondary N) is 2. The first-order valence-corrected chi connectivity index (χ1v) is 15.6. The molecule has 0 radical (unpaired) electrons. The van der Waals surface area contributed by atoms with Crippen molar-refractivity contribution < 1.29 is 14.4 Å². The Balaban J connectivity index is 0. The zero-order chi connectivity index (χ0) is 33.9. The minimum atomic E-state index is -0.712. The van der Waals surface area contributed by atoms with Crippen LogP contribution in [0.15, 0.2) is 88.0 Å². The van der Waals surface area contributed by atoms with Gasteiger partial charge in [-0.15, -0.1) is 18.3 Å². The van der Waals surface area contributed by atoms with Crippen molar-refractivity contribution in [1.82, 2.24) is 15.5 Å². The van der Waals surface area contributed by atoms with Gasteiger partial charge in [-0.25, -0.2) is 0 Å². The molecule has 0 spiro atoms. The molecular formula is C35H51N5O3S. The molecule has 0 fully saturated rings. The van der Waals surface area contributed by atoms with Crippen LogP contribution in [-0.2, 0) is 14.4 Å². The summed E-state index contributed by atoms with van der Waals surface area (Å²) in [6, 6.07) is 11.7. The molecule has 0 aromatic heterocycles. The van der Waals surface area contributed by atoms with Crippen LogP contribution in [0.2, 0.25) is 0 Å². The van der Waals surface area contributed by atoms with Crippen molar-refractivity contribution in [3.8, 4) is 6.07 Å². The Hall–Kier alpha value is -4.00. The Bertz CT molecular complexity index is 1190.